The standard InChI is InChI=1S/C23H23NO5/c1-11-3-4-13(7-12(11)2)18(25)10-29-19(26)9-24-22(27)20-14-5-6-15(17-8-16(14)17)21(20)23(24)28/h3-7,14-17,20-21H,8-10H2,1-2H3/t14-,15-,16-,17-,20-,21+/m1/s1. The summed E-state index contributed by atoms with van der Waals surface area (Å²) in [6.45, 7) is 3.05. The molecule has 1 saturated heterocycles. The summed E-state index contributed by atoms with van der Waals surface area (Å²) in [5.41, 5.74) is 2.54. The van der Waals surface area contributed by atoms with Crippen molar-refractivity contribution in [2.75, 3.05) is 13.2 Å². The van der Waals surface area contributed by atoms with Gasteiger partial charge >= 0.3 is 5.97 Å². The van der Waals surface area contributed by atoms with Gasteiger partial charge in [-0.25, -0.2) is 0 Å². The van der Waals surface area contributed by atoms with Crippen LogP contribution < -0.4 is 0 Å². The Morgan fingerprint density at radius 1 is 1.00 bits per heavy atom. The molecule has 3 fully saturated rings. The molecule has 2 amide bonds. The SMILES string of the molecule is Cc1ccc(C(=O)COC(=O)CN2C(=O)[C@@H]3[C@@H]4C=C[C@H]([C@H]5C[C@H]45)[C@@H]3C2=O)cc1C. The van der Waals surface area contributed by atoms with Gasteiger partial charge in [-0.2, -0.15) is 0 Å². The number of nitrogens with zero attached hydrogens (tertiary/aromatic N) is 1. The summed E-state index contributed by atoms with van der Waals surface area (Å²) >= 11 is 0. The summed E-state index contributed by atoms with van der Waals surface area (Å²) in [4.78, 5) is 51.3. The molecule has 0 unspecified atom stereocenters. The number of esters is 1. The number of hydrogen-bond donors (Lipinski definition) is 0. The maximum Gasteiger partial charge on any atom is 0.326 e. The fraction of sp³-hybridized carbons (Fsp3) is 0.478. The monoisotopic (exact) mass is 393 g/mol. The van der Waals surface area contributed by atoms with Gasteiger partial charge in [0.25, 0.3) is 0 Å². The topological polar surface area (TPSA) is 80.8 Å². The Morgan fingerprint density at radius 2 is 1.62 bits per heavy atom. The third-order valence-corrected chi connectivity index (χ3v) is 7.23. The van der Waals surface area contributed by atoms with Gasteiger partial charge in [0, 0.05) is 5.56 Å². The Labute approximate surface area is 168 Å². The van der Waals surface area contributed by atoms with E-state index in [1.54, 1.807) is 12.1 Å². The lowest BCUT2D eigenvalue weighted by atomic mass is 9.63. The molecule has 4 aliphatic carbocycles. The minimum absolute atomic E-state index is 0.124. The van der Waals surface area contributed by atoms with Gasteiger partial charge in [-0.05, 0) is 61.1 Å². The Kier molecular flexibility index (Phi) is 4.02. The fourth-order valence-electron chi connectivity index (χ4n) is 5.49. The smallest absolute Gasteiger partial charge is 0.326 e. The van der Waals surface area contributed by atoms with Crippen LogP contribution in [0.4, 0.5) is 0 Å². The molecule has 29 heavy (non-hydrogen) atoms. The van der Waals surface area contributed by atoms with Crippen molar-refractivity contribution in [2.24, 2.45) is 35.5 Å². The minimum atomic E-state index is -0.729. The Morgan fingerprint density at radius 3 is 2.21 bits per heavy atom. The van der Waals surface area contributed by atoms with E-state index in [0.717, 1.165) is 22.4 Å². The van der Waals surface area contributed by atoms with Gasteiger partial charge in [-0.3, -0.25) is 24.1 Å². The van der Waals surface area contributed by atoms with Gasteiger partial charge in [0.15, 0.2) is 12.4 Å². The number of likely N-dealkylation sites (tertiary alicyclic amines) is 1. The Balaban J connectivity index is 1.21. The lowest BCUT2D eigenvalue weighted by Crippen LogP contribution is -2.40. The number of hydrogen-bond acceptors (Lipinski definition) is 5. The van der Waals surface area contributed by atoms with Crippen LogP contribution in [-0.4, -0.2) is 41.6 Å². The maximum atomic E-state index is 12.9. The van der Waals surface area contributed by atoms with Gasteiger partial charge < -0.3 is 4.74 Å². The van der Waals surface area contributed by atoms with E-state index in [0.29, 0.717) is 17.4 Å². The fourth-order valence-corrected chi connectivity index (χ4v) is 5.49. The second-order valence-corrected chi connectivity index (χ2v) is 8.80. The maximum absolute atomic E-state index is 12.9. The number of Topliss-reactive ketones (excluding diaryl/α,β-unsaturated/α-hetero) is 1. The quantitative estimate of drug-likeness (QED) is 0.331. The molecule has 2 bridgehead atoms. The average Bonchev–Trinajstić information content (AvgIpc) is 3.49. The van der Waals surface area contributed by atoms with Crippen LogP contribution in [0.15, 0.2) is 30.4 Å². The van der Waals surface area contributed by atoms with Crippen LogP contribution in [0.1, 0.15) is 27.9 Å². The number of ether oxygens (including phenoxy) is 1. The van der Waals surface area contributed by atoms with E-state index < -0.39 is 19.1 Å². The average molecular weight is 393 g/mol. The molecular weight excluding hydrogens is 370 g/mol. The van der Waals surface area contributed by atoms with Crippen LogP contribution in [0.5, 0.6) is 0 Å². The summed E-state index contributed by atoms with van der Waals surface area (Å²) in [5, 5.41) is 0. The molecule has 2 saturated carbocycles. The van der Waals surface area contributed by atoms with E-state index in [2.05, 4.69) is 12.2 Å². The van der Waals surface area contributed by atoms with Crippen molar-refractivity contribution in [1.29, 1.82) is 0 Å². The lowest BCUT2D eigenvalue weighted by molar-refractivity contribution is -0.152. The summed E-state index contributed by atoms with van der Waals surface area (Å²) in [6, 6.07) is 5.31. The van der Waals surface area contributed by atoms with Crippen LogP contribution in [0.3, 0.4) is 0 Å². The number of allylic oxidation sites excluding steroid dienone is 2. The van der Waals surface area contributed by atoms with Crippen molar-refractivity contribution < 1.29 is 23.9 Å². The van der Waals surface area contributed by atoms with Crippen LogP contribution in [-0.2, 0) is 19.1 Å². The van der Waals surface area contributed by atoms with E-state index in [1.165, 1.54) is 0 Å². The van der Waals surface area contributed by atoms with Gasteiger partial charge in [-0.1, -0.05) is 24.3 Å². The predicted molar refractivity (Wildman–Crippen MR) is 103 cm³/mol. The second kappa shape index (κ2) is 6.37. The number of rotatable bonds is 5. The highest BCUT2D eigenvalue weighted by atomic mass is 16.5. The molecular formula is C23H23NO5. The zero-order valence-corrected chi connectivity index (χ0v) is 16.5. The molecule has 0 N–H and O–H groups in total. The van der Waals surface area contributed by atoms with Crippen molar-refractivity contribution in [3.63, 3.8) is 0 Å². The molecule has 1 aromatic rings. The molecule has 0 aromatic heterocycles. The van der Waals surface area contributed by atoms with E-state index in [4.69, 9.17) is 4.74 Å². The minimum Gasteiger partial charge on any atom is -0.456 e. The second-order valence-electron chi connectivity index (χ2n) is 8.80. The van der Waals surface area contributed by atoms with Gasteiger partial charge in [-0.15, -0.1) is 0 Å². The first-order valence-corrected chi connectivity index (χ1v) is 10.2. The molecule has 0 spiro atoms. The molecule has 1 heterocycles. The Bertz CT molecular complexity index is 943. The van der Waals surface area contributed by atoms with E-state index >= 15 is 0 Å². The van der Waals surface area contributed by atoms with Crippen LogP contribution in [0.25, 0.3) is 0 Å². The van der Waals surface area contributed by atoms with E-state index in [1.807, 2.05) is 19.9 Å². The number of carbonyl (C=O) groups excluding carboxylic acids is 4. The first-order valence-electron chi connectivity index (χ1n) is 10.2. The summed E-state index contributed by atoms with van der Waals surface area (Å²) in [6.07, 6.45) is 5.28. The highest BCUT2D eigenvalue weighted by Gasteiger charge is 2.67. The number of aryl methyl sites for hydroxylation is 2. The third-order valence-electron chi connectivity index (χ3n) is 7.23. The summed E-state index contributed by atoms with van der Waals surface area (Å²) in [7, 11) is 0. The number of amides is 2. The molecule has 6 atom stereocenters. The number of benzene rings is 1. The number of ketones is 1. The van der Waals surface area contributed by atoms with Crippen LogP contribution in [0, 0.1) is 49.4 Å². The van der Waals surface area contributed by atoms with Crippen molar-refractivity contribution in [3.05, 3.63) is 47.0 Å². The molecule has 6 heteroatoms. The van der Waals surface area contributed by atoms with Crippen LogP contribution >= 0.6 is 0 Å². The first kappa shape index (κ1) is 18.3. The molecule has 6 rings (SSSR count). The number of carbonyl (C=O) groups is 4. The lowest BCUT2D eigenvalue weighted by Gasteiger charge is -2.37. The van der Waals surface area contributed by atoms with E-state index in [9.17, 15) is 19.2 Å². The molecule has 6 nitrogen and oxygen atoms in total. The van der Waals surface area contributed by atoms with Crippen LogP contribution in [0.2, 0.25) is 0 Å². The summed E-state index contributed by atoms with van der Waals surface area (Å²) in [5.74, 6) is -0.931. The molecule has 5 aliphatic rings. The molecule has 1 aromatic carbocycles. The highest BCUT2D eigenvalue weighted by Crippen LogP contribution is 2.65. The molecule has 1 aliphatic heterocycles. The molecule has 0 radical (unpaired) electrons. The zero-order chi connectivity index (χ0) is 20.4. The largest absolute Gasteiger partial charge is 0.456 e. The van der Waals surface area contributed by atoms with E-state index in [-0.39, 0.29) is 41.3 Å². The van der Waals surface area contributed by atoms with Gasteiger partial charge in [0.05, 0.1) is 11.8 Å². The van der Waals surface area contributed by atoms with Crippen molar-refractivity contribution in [3.8, 4) is 0 Å². The van der Waals surface area contributed by atoms with Crippen molar-refractivity contribution in [1.82, 2.24) is 4.90 Å². The zero-order valence-electron chi connectivity index (χ0n) is 16.5. The predicted octanol–water partition coefficient (Wildman–Crippen LogP) is 2.08. The van der Waals surface area contributed by atoms with Gasteiger partial charge in [0.2, 0.25) is 11.8 Å². The number of imide groups is 1. The molecule has 150 valence electrons. The van der Waals surface area contributed by atoms with Crippen molar-refractivity contribution in [2.45, 2.75) is 20.3 Å². The van der Waals surface area contributed by atoms with Crippen molar-refractivity contribution >= 4 is 23.6 Å². The normalized spacial score (nSPS) is 33.5. The third kappa shape index (κ3) is 2.76. The first-order chi connectivity index (χ1) is 13.9. The summed E-state index contributed by atoms with van der Waals surface area (Å²) < 4.78 is 5.09. The van der Waals surface area contributed by atoms with Gasteiger partial charge in [0.1, 0.15) is 6.54 Å². The Hall–Kier alpha value is -2.76. The highest BCUT2D eigenvalue weighted by molar-refractivity contribution is 6.08.